The van der Waals surface area contributed by atoms with Gasteiger partial charge in [0, 0.05) is 37.9 Å². The van der Waals surface area contributed by atoms with Crippen molar-refractivity contribution in [3.8, 4) is 11.5 Å². The molecule has 32 heavy (non-hydrogen) atoms. The second-order valence-electron chi connectivity index (χ2n) is 7.65. The van der Waals surface area contributed by atoms with Gasteiger partial charge in [0.15, 0.2) is 0 Å². The highest BCUT2D eigenvalue weighted by molar-refractivity contribution is 6.07. The Kier molecular flexibility index (Phi) is 5.28. The highest BCUT2D eigenvalue weighted by atomic mass is 16.5. The van der Waals surface area contributed by atoms with Gasteiger partial charge in [-0.15, -0.1) is 0 Å². The third kappa shape index (κ3) is 3.92. The van der Waals surface area contributed by atoms with Crippen molar-refractivity contribution in [1.29, 1.82) is 0 Å². The van der Waals surface area contributed by atoms with Crippen LogP contribution < -0.4 is 15.4 Å². The predicted molar refractivity (Wildman–Crippen MR) is 122 cm³/mol. The molecule has 0 saturated heterocycles. The van der Waals surface area contributed by atoms with Crippen LogP contribution in [0.1, 0.15) is 21.6 Å². The van der Waals surface area contributed by atoms with Gasteiger partial charge in [-0.05, 0) is 40.6 Å². The highest BCUT2D eigenvalue weighted by Crippen LogP contribution is 2.35. The summed E-state index contributed by atoms with van der Waals surface area (Å²) < 4.78 is 8.21. The van der Waals surface area contributed by atoms with E-state index in [1.165, 1.54) is 0 Å². The van der Waals surface area contributed by atoms with Crippen molar-refractivity contribution in [3.63, 3.8) is 0 Å². The van der Waals surface area contributed by atoms with Crippen molar-refractivity contribution in [1.82, 2.24) is 20.2 Å². The monoisotopic (exact) mass is 423 g/mol. The molecule has 0 unspecified atom stereocenters. The lowest BCUT2D eigenvalue weighted by Crippen LogP contribution is -2.32. The van der Waals surface area contributed by atoms with Gasteiger partial charge < -0.3 is 19.9 Å². The van der Waals surface area contributed by atoms with E-state index in [2.05, 4.69) is 25.0 Å². The summed E-state index contributed by atoms with van der Waals surface area (Å²) >= 11 is 0. The Hall–Kier alpha value is -4.15. The molecule has 0 radical (unpaired) electrons. The fraction of sp³-hybridized carbons (Fsp3) is 0.160. The quantitative estimate of drug-likeness (QED) is 0.415. The first-order chi connectivity index (χ1) is 15.7. The molecule has 3 aromatic carbocycles. The van der Waals surface area contributed by atoms with Crippen LogP contribution in [0, 0.1) is 6.57 Å². The second kappa shape index (κ2) is 8.53. The SMILES string of the molecule is [C-]#[N+]c1ccc2cc1Oc1ccc3cccc(c3c1)C(=O)NCCNCc1cncn1C2. The molecule has 7 nitrogen and oxygen atoms in total. The van der Waals surface area contributed by atoms with Crippen LogP contribution in [-0.4, -0.2) is 28.5 Å². The third-order valence-electron chi connectivity index (χ3n) is 5.52. The van der Waals surface area contributed by atoms with Crippen LogP contribution in [0.4, 0.5) is 5.69 Å². The number of nitrogens with one attached hydrogen (secondary N) is 2. The van der Waals surface area contributed by atoms with Gasteiger partial charge in [0.25, 0.3) is 5.91 Å². The van der Waals surface area contributed by atoms with E-state index in [1.807, 2.05) is 54.7 Å². The number of imidazole rings is 1. The number of benzene rings is 3. The van der Waals surface area contributed by atoms with Crippen LogP contribution in [0.2, 0.25) is 0 Å². The van der Waals surface area contributed by atoms with Crippen LogP contribution in [0.3, 0.4) is 0 Å². The molecule has 1 aliphatic rings. The highest BCUT2D eigenvalue weighted by Gasteiger charge is 2.13. The number of carbonyl (C=O) groups is 1. The van der Waals surface area contributed by atoms with Crippen LogP contribution in [0.25, 0.3) is 15.6 Å². The molecule has 2 N–H and O–H groups in total. The van der Waals surface area contributed by atoms with Gasteiger partial charge in [-0.3, -0.25) is 4.79 Å². The lowest BCUT2D eigenvalue weighted by atomic mass is 10.0. The first kappa shape index (κ1) is 19.8. The average Bonchev–Trinajstić information content (AvgIpc) is 3.24. The van der Waals surface area contributed by atoms with Crippen molar-refractivity contribution in [2.75, 3.05) is 13.1 Å². The van der Waals surface area contributed by atoms with E-state index >= 15 is 0 Å². The van der Waals surface area contributed by atoms with Crippen LogP contribution in [-0.2, 0) is 13.1 Å². The van der Waals surface area contributed by atoms with Crippen molar-refractivity contribution in [3.05, 3.63) is 95.4 Å². The molecule has 1 aromatic heterocycles. The molecule has 7 heteroatoms. The number of hydrogen-bond donors (Lipinski definition) is 2. The Morgan fingerprint density at radius 3 is 2.94 bits per heavy atom. The van der Waals surface area contributed by atoms with Crippen molar-refractivity contribution < 1.29 is 9.53 Å². The number of amides is 1. The van der Waals surface area contributed by atoms with Crippen LogP contribution in [0.5, 0.6) is 11.5 Å². The van der Waals surface area contributed by atoms with Crippen molar-refractivity contribution in [2.24, 2.45) is 0 Å². The summed E-state index contributed by atoms with van der Waals surface area (Å²) in [6.45, 7) is 9.93. The summed E-state index contributed by atoms with van der Waals surface area (Å²) in [5.41, 5.74) is 3.07. The van der Waals surface area contributed by atoms with E-state index in [0.717, 1.165) is 22.0 Å². The van der Waals surface area contributed by atoms with E-state index in [1.54, 1.807) is 12.4 Å². The van der Waals surface area contributed by atoms with E-state index < -0.39 is 0 Å². The minimum atomic E-state index is -0.132. The number of rotatable bonds is 0. The Labute approximate surface area is 185 Å². The maximum Gasteiger partial charge on any atom is 0.251 e. The fourth-order valence-electron chi connectivity index (χ4n) is 3.88. The molecule has 0 spiro atoms. The maximum absolute atomic E-state index is 12.8. The second-order valence-corrected chi connectivity index (χ2v) is 7.65. The van der Waals surface area contributed by atoms with Gasteiger partial charge in [0.1, 0.15) is 11.5 Å². The van der Waals surface area contributed by atoms with E-state index in [0.29, 0.717) is 48.9 Å². The molecule has 5 rings (SSSR count). The summed E-state index contributed by atoms with van der Waals surface area (Å²) in [6.07, 6.45) is 3.62. The molecule has 2 heterocycles. The topological polar surface area (TPSA) is 72.5 Å². The molecule has 1 aliphatic heterocycles. The van der Waals surface area contributed by atoms with Crippen molar-refractivity contribution >= 4 is 22.4 Å². The lowest BCUT2D eigenvalue weighted by molar-refractivity contribution is 0.0955. The minimum absolute atomic E-state index is 0.132. The summed E-state index contributed by atoms with van der Waals surface area (Å²) in [6, 6.07) is 16.9. The molecule has 4 aromatic rings. The first-order valence-electron chi connectivity index (χ1n) is 10.4. The molecular weight excluding hydrogens is 402 g/mol. The summed E-state index contributed by atoms with van der Waals surface area (Å²) in [4.78, 5) is 20.7. The summed E-state index contributed by atoms with van der Waals surface area (Å²) in [7, 11) is 0. The third-order valence-corrected chi connectivity index (χ3v) is 5.52. The number of nitrogens with zero attached hydrogens (tertiary/aromatic N) is 3. The molecule has 0 atom stereocenters. The minimum Gasteiger partial charge on any atom is -0.468 e. The number of aromatic nitrogens is 2. The summed E-state index contributed by atoms with van der Waals surface area (Å²) in [5, 5.41) is 8.10. The van der Waals surface area contributed by atoms with Gasteiger partial charge in [-0.25, -0.2) is 9.83 Å². The number of ether oxygens (including phenoxy) is 1. The Balaban J connectivity index is 1.60. The lowest BCUT2D eigenvalue weighted by Gasteiger charge is -2.13. The number of hydrogen-bond acceptors (Lipinski definition) is 4. The molecule has 0 aliphatic carbocycles. The van der Waals surface area contributed by atoms with E-state index in [-0.39, 0.29) is 5.91 Å². The largest absolute Gasteiger partial charge is 0.468 e. The molecule has 0 fully saturated rings. The van der Waals surface area contributed by atoms with E-state index in [9.17, 15) is 4.79 Å². The molecule has 1 amide bonds. The van der Waals surface area contributed by atoms with Crippen LogP contribution in [0.15, 0.2) is 67.1 Å². The zero-order valence-corrected chi connectivity index (χ0v) is 17.3. The predicted octanol–water partition coefficient (Wildman–Crippen LogP) is 4.26. The van der Waals surface area contributed by atoms with Gasteiger partial charge >= 0.3 is 0 Å². The summed E-state index contributed by atoms with van der Waals surface area (Å²) in [5.74, 6) is 0.935. The Morgan fingerprint density at radius 1 is 1.09 bits per heavy atom. The maximum atomic E-state index is 12.8. The van der Waals surface area contributed by atoms with Gasteiger partial charge in [0.2, 0.25) is 5.69 Å². The molecule has 4 bridgehead atoms. The molecule has 0 saturated carbocycles. The van der Waals surface area contributed by atoms with E-state index in [4.69, 9.17) is 11.3 Å². The average molecular weight is 423 g/mol. The number of carbonyl (C=O) groups excluding carboxylic acids is 1. The fourth-order valence-corrected chi connectivity index (χ4v) is 3.88. The van der Waals surface area contributed by atoms with Gasteiger partial charge in [0.05, 0.1) is 18.6 Å². The normalized spacial score (nSPS) is 14.2. The van der Waals surface area contributed by atoms with Gasteiger partial charge in [-0.1, -0.05) is 30.3 Å². The smallest absolute Gasteiger partial charge is 0.251 e. The van der Waals surface area contributed by atoms with Crippen molar-refractivity contribution in [2.45, 2.75) is 13.1 Å². The first-order valence-corrected chi connectivity index (χ1v) is 10.4. The standard InChI is InChI=1S/C25H21N5O2/c1-26-23-8-5-17-11-24(23)32-20-7-6-18-3-2-4-21(22(18)12-20)25(31)29-10-9-27-13-19-14-28-16-30(19)15-17/h2-8,11-12,14,16,27H,9-10,13,15H2,(H,29,31). The Bertz CT molecular complexity index is 1350. The van der Waals surface area contributed by atoms with Gasteiger partial charge in [-0.2, -0.15) is 0 Å². The zero-order valence-electron chi connectivity index (χ0n) is 17.3. The molecule has 158 valence electrons. The number of fused-ring (bicyclic) bond motifs is 4. The molecular formula is C25H21N5O2. The van der Waals surface area contributed by atoms with Crippen LogP contribution >= 0.6 is 0 Å². The zero-order chi connectivity index (χ0) is 21.9. The Morgan fingerprint density at radius 2 is 2.03 bits per heavy atom.